The molecule has 0 spiro atoms. The first-order valence-electron chi connectivity index (χ1n) is 11.7. The number of esters is 1. The Morgan fingerprint density at radius 1 is 1.26 bits per heavy atom. The van der Waals surface area contributed by atoms with Gasteiger partial charge in [-0.25, -0.2) is 4.79 Å². The molecule has 0 saturated carbocycles. The number of carbonyl (C=O) groups is 2. The first kappa shape index (κ1) is 25.1. The molecule has 1 aromatic heterocycles. The molecule has 1 amide bonds. The topological polar surface area (TPSA) is 117 Å². The van der Waals surface area contributed by atoms with E-state index < -0.39 is 28.9 Å². The van der Waals surface area contributed by atoms with E-state index >= 15 is 0 Å². The van der Waals surface area contributed by atoms with Crippen LogP contribution in [0, 0.1) is 0 Å². The predicted octanol–water partition coefficient (Wildman–Crippen LogP) is 3.05. The van der Waals surface area contributed by atoms with Gasteiger partial charge in [0.15, 0.2) is 11.5 Å². The molecule has 2 aliphatic rings. The maximum atomic E-state index is 13.3. The molecule has 0 fully saturated rings. The number of nitrogens with two attached hydrogens (primary N) is 2. The van der Waals surface area contributed by atoms with Crippen LogP contribution in [0.5, 0.6) is 11.5 Å². The van der Waals surface area contributed by atoms with Crippen LogP contribution in [-0.2, 0) is 26.2 Å². The minimum atomic E-state index is -1.24. The van der Waals surface area contributed by atoms with Crippen LogP contribution < -0.4 is 20.9 Å². The van der Waals surface area contributed by atoms with E-state index in [1.54, 1.807) is 13.2 Å². The summed E-state index contributed by atoms with van der Waals surface area (Å²) in [4.78, 5) is 29.3. The highest BCUT2D eigenvalue weighted by Crippen LogP contribution is 2.54. The van der Waals surface area contributed by atoms with Gasteiger partial charge in [0, 0.05) is 11.4 Å². The van der Waals surface area contributed by atoms with Crippen molar-refractivity contribution in [3.05, 3.63) is 57.4 Å². The Morgan fingerprint density at radius 2 is 2.03 bits per heavy atom. The molecular formula is C26H33N3O5S. The van der Waals surface area contributed by atoms with Gasteiger partial charge in [-0.15, -0.1) is 11.3 Å². The Morgan fingerprint density at radius 3 is 2.63 bits per heavy atom. The van der Waals surface area contributed by atoms with E-state index in [2.05, 4.69) is 0 Å². The van der Waals surface area contributed by atoms with E-state index in [0.717, 1.165) is 16.0 Å². The lowest BCUT2D eigenvalue weighted by molar-refractivity contribution is -0.152. The van der Waals surface area contributed by atoms with Gasteiger partial charge in [0.2, 0.25) is 5.91 Å². The zero-order chi connectivity index (χ0) is 25.4. The summed E-state index contributed by atoms with van der Waals surface area (Å²) >= 11 is 1.44. The van der Waals surface area contributed by atoms with E-state index in [4.69, 9.17) is 25.7 Å². The van der Waals surface area contributed by atoms with Gasteiger partial charge in [0.05, 0.1) is 19.8 Å². The van der Waals surface area contributed by atoms with Crippen LogP contribution in [0.4, 0.5) is 0 Å². The molecule has 2 aliphatic heterocycles. The zero-order valence-corrected chi connectivity index (χ0v) is 21.4. The third-order valence-electron chi connectivity index (χ3n) is 6.31. The molecule has 3 heterocycles. The molecule has 4 rings (SSSR count). The van der Waals surface area contributed by atoms with Crippen molar-refractivity contribution in [1.82, 2.24) is 4.90 Å². The summed E-state index contributed by atoms with van der Waals surface area (Å²) in [5, 5.41) is 1.91. The van der Waals surface area contributed by atoms with E-state index in [1.807, 2.05) is 55.3 Å². The molecule has 9 heteroatoms. The van der Waals surface area contributed by atoms with Crippen LogP contribution in [0.1, 0.15) is 49.2 Å². The van der Waals surface area contributed by atoms with Crippen molar-refractivity contribution in [3.8, 4) is 11.5 Å². The molecule has 0 radical (unpaired) electrons. The molecule has 8 nitrogen and oxygen atoms in total. The van der Waals surface area contributed by atoms with Crippen molar-refractivity contribution in [2.45, 2.75) is 50.7 Å². The Kier molecular flexibility index (Phi) is 6.83. The molecule has 2 unspecified atom stereocenters. The second-order valence-corrected chi connectivity index (χ2v) is 10.7. The predicted molar refractivity (Wildman–Crippen MR) is 134 cm³/mol. The zero-order valence-electron chi connectivity index (χ0n) is 20.6. The standard InChI is InChI=1S/C26H33N3O5S/c1-25(2,3)34-23(30)18-15-26(24(28)31,21-7-5-12-35-21)22-17-14-20(33-11-6-9-27)19(32-4)13-16(17)8-10-29(18)22/h5,7,12-15,22H,6,8-11,27H2,1-4H3,(H2,28,31). The molecule has 1 aromatic carbocycles. The lowest BCUT2D eigenvalue weighted by Gasteiger charge is -2.42. The van der Waals surface area contributed by atoms with Crippen LogP contribution in [0.3, 0.4) is 0 Å². The maximum absolute atomic E-state index is 13.3. The average Bonchev–Trinajstić information content (AvgIpc) is 3.44. The third-order valence-corrected chi connectivity index (χ3v) is 7.33. The molecule has 2 atom stereocenters. The fourth-order valence-corrected chi connectivity index (χ4v) is 5.77. The largest absolute Gasteiger partial charge is 0.493 e. The van der Waals surface area contributed by atoms with Crippen molar-refractivity contribution in [2.24, 2.45) is 11.5 Å². The number of hydrogen-bond donors (Lipinski definition) is 2. The number of rotatable bonds is 8. The van der Waals surface area contributed by atoms with E-state index in [0.29, 0.717) is 49.7 Å². The fraction of sp³-hybridized carbons (Fsp3) is 0.462. The summed E-state index contributed by atoms with van der Waals surface area (Å²) in [5.41, 5.74) is 12.1. The average molecular weight is 500 g/mol. The summed E-state index contributed by atoms with van der Waals surface area (Å²) in [6.07, 6.45) is 3.06. The molecular weight excluding hydrogens is 466 g/mol. The third kappa shape index (κ3) is 4.50. The second-order valence-electron chi connectivity index (χ2n) is 9.78. The van der Waals surface area contributed by atoms with Gasteiger partial charge >= 0.3 is 5.97 Å². The summed E-state index contributed by atoms with van der Waals surface area (Å²) in [6, 6.07) is 7.12. The summed E-state index contributed by atoms with van der Waals surface area (Å²) in [6.45, 7) is 6.94. The number of primary amides is 1. The first-order valence-corrected chi connectivity index (χ1v) is 12.6. The van der Waals surface area contributed by atoms with E-state index in [1.165, 1.54) is 11.3 Å². The van der Waals surface area contributed by atoms with Crippen molar-refractivity contribution in [3.63, 3.8) is 0 Å². The Labute approximate surface area is 209 Å². The Hall–Kier alpha value is -3.04. The number of amides is 1. The number of methoxy groups -OCH3 is 1. The molecule has 2 aromatic rings. The minimum absolute atomic E-state index is 0.351. The molecule has 0 aliphatic carbocycles. The highest BCUT2D eigenvalue weighted by Gasteiger charge is 2.57. The van der Waals surface area contributed by atoms with Gasteiger partial charge < -0.3 is 30.6 Å². The van der Waals surface area contributed by atoms with Gasteiger partial charge in [0.1, 0.15) is 16.7 Å². The Bertz CT molecular complexity index is 1140. The van der Waals surface area contributed by atoms with Gasteiger partial charge in [-0.2, -0.15) is 0 Å². The van der Waals surface area contributed by atoms with Crippen molar-refractivity contribution in [2.75, 3.05) is 26.8 Å². The second kappa shape index (κ2) is 9.54. The van der Waals surface area contributed by atoms with Crippen LogP contribution in [-0.4, -0.2) is 49.2 Å². The first-order chi connectivity index (χ1) is 16.6. The molecule has 35 heavy (non-hydrogen) atoms. The van der Waals surface area contributed by atoms with Crippen molar-refractivity contribution in [1.29, 1.82) is 0 Å². The number of carbonyl (C=O) groups excluding carboxylic acids is 2. The number of ether oxygens (including phenoxy) is 3. The summed E-state index contributed by atoms with van der Waals surface area (Å²) in [7, 11) is 1.60. The van der Waals surface area contributed by atoms with Crippen LogP contribution in [0.2, 0.25) is 0 Å². The van der Waals surface area contributed by atoms with Gasteiger partial charge in [0.25, 0.3) is 0 Å². The number of nitrogens with zero attached hydrogens (tertiary/aromatic N) is 1. The summed E-state index contributed by atoms with van der Waals surface area (Å²) < 4.78 is 17.3. The molecule has 4 N–H and O–H groups in total. The monoisotopic (exact) mass is 499 g/mol. The number of hydrogen-bond acceptors (Lipinski definition) is 8. The lowest BCUT2D eigenvalue weighted by Crippen LogP contribution is -2.48. The number of thiophene rings is 1. The molecule has 0 bridgehead atoms. The Balaban J connectivity index is 1.89. The van der Waals surface area contributed by atoms with Crippen LogP contribution >= 0.6 is 11.3 Å². The highest BCUT2D eigenvalue weighted by atomic mass is 32.1. The van der Waals surface area contributed by atoms with Crippen LogP contribution in [0.25, 0.3) is 0 Å². The van der Waals surface area contributed by atoms with Crippen molar-refractivity contribution < 1.29 is 23.8 Å². The van der Waals surface area contributed by atoms with Gasteiger partial charge in [-0.05, 0) is 80.9 Å². The SMILES string of the molecule is COc1cc2c(cc1OCCCN)C1N(CC2)C(C(=O)OC(C)(C)C)=CC1(C(N)=O)c1cccs1. The maximum Gasteiger partial charge on any atom is 0.354 e. The minimum Gasteiger partial charge on any atom is -0.493 e. The van der Waals surface area contributed by atoms with E-state index in [-0.39, 0.29) is 0 Å². The summed E-state index contributed by atoms with van der Waals surface area (Å²) in [5.74, 6) is 0.187. The molecule has 0 saturated heterocycles. The van der Waals surface area contributed by atoms with Crippen molar-refractivity contribution >= 4 is 23.2 Å². The molecule has 188 valence electrons. The fourth-order valence-electron chi connectivity index (χ4n) is 4.85. The van der Waals surface area contributed by atoms with Gasteiger partial charge in [-0.3, -0.25) is 4.79 Å². The van der Waals surface area contributed by atoms with Gasteiger partial charge in [-0.1, -0.05) is 6.07 Å². The van der Waals surface area contributed by atoms with Crippen LogP contribution in [0.15, 0.2) is 41.4 Å². The smallest absolute Gasteiger partial charge is 0.354 e. The quantitative estimate of drug-likeness (QED) is 0.423. The number of benzene rings is 1. The van der Waals surface area contributed by atoms with E-state index in [9.17, 15) is 9.59 Å². The highest BCUT2D eigenvalue weighted by molar-refractivity contribution is 7.10. The normalized spacial score (nSPS) is 21.1. The lowest BCUT2D eigenvalue weighted by atomic mass is 9.73. The number of fused-ring (bicyclic) bond motifs is 3.